The van der Waals surface area contributed by atoms with Gasteiger partial charge in [-0.25, -0.2) is 4.68 Å². The third kappa shape index (κ3) is 3.44. The zero-order valence-corrected chi connectivity index (χ0v) is 12.3. The van der Waals surface area contributed by atoms with E-state index in [0.29, 0.717) is 13.2 Å². The number of hydrogen-bond donors (Lipinski definition) is 1. The van der Waals surface area contributed by atoms with Crippen LogP contribution in [-0.4, -0.2) is 47.3 Å². The van der Waals surface area contributed by atoms with Crippen LogP contribution in [0.3, 0.4) is 0 Å². The molecule has 6 heteroatoms. The van der Waals surface area contributed by atoms with E-state index >= 15 is 0 Å². The van der Waals surface area contributed by atoms with Gasteiger partial charge in [0.2, 0.25) is 0 Å². The summed E-state index contributed by atoms with van der Waals surface area (Å²) in [6.45, 7) is 3.49. The lowest BCUT2D eigenvalue weighted by atomic mass is 10.0. The fourth-order valence-corrected chi connectivity index (χ4v) is 3.07. The molecule has 6 nitrogen and oxygen atoms in total. The first-order valence-electron chi connectivity index (χ1n) is 7.82. The predicted octanol–water partition coefficient (Wildman–Crippen LogP) is 0.631. The average molecular weight is 293 g/mol. The lowest BCUT2D eigenvalue weighted by molar-refractivity contribution is 0.0735. The number of nitrogens with zero attached hydrogens (tertiary/aromatic N) is 3. The molecule has 3 heterocycles. The number of piperidine rings is 1. The van der Waals surface area contributed by atoms with Crippen LogP contribution in [0.2, 0.25) is 0 Å². The molecular formula is C15H23N3O3. The molecule has 2 aliphatic rings. The van der Waals surface area contributed by atoms with E-state index in [1.807, 2.05) is 0 Å². The van der Waals surface area contributed by atoms with Gasteiger partial charge in [-0.3, -0.25) is 4.79 Å². The number of aliphatic hydroxyl groups excluding tert-OH is 1. The first-order chi connectivity index (χ1) is 10.2. The van der Waals surface area contributed by atoms with Gasteiger partial charge in [-0.1, -0.05) is 0 Å². The smallest absolute Gasteiger partial charge is 0.268 e. The topological polar surface area (TPSA) is 67.6 Å². The van der Waals surface area contributed by atoms with Crippen LogP contribution in [0.4, 0.5) is 5.69 Å². The molecule has 0 bridgehead atoms. The van der Waals surface area contributed by atoms with Gasteiger partial charge in [-0.05, 0) is 25.7 Å². The molecule has 21 heavy (non-hydrogen) atoms. The van der Waals surface area contributed by atoms with Gasteiger partial charge < -0.3 is 14.7 Å². The largest absolute Gasteiger partial charge is 0.391 e. The molecule has 0 amide bonds. The van der Waals surface area contributed by atoms with Crippen LogP contribution in [0, 0.1) is 5.92 Å². The second kappa shape index (κ2) is 6.58. The van der Waals surface area contributed by atoms with Gasteiger partial charge in [0.05, 0.1) is 31.1 Å². The number of ether oxygens (including phenoxy) is 1. The summed E-state index contributed by atoms with van der Waals surface area (Å²) >= 11 is 0. The van der Waals surface area contributed by atoms with Gasteiger partial charge in [-0.2, -0.15) is 5.10 Å². The molecule has 2 unspecified atom stereocenters. The van der Waals surface area contributed by atoms with Crippen LogP contribution in [0.1, 0.15) is 25.7 Å². The normalized spacial score (nSPS) is 24.2. The SMILES string of the molecule is O=c1cc(N2CCCCC2)cnn1CC(O)C1CCOC1. The zero-order chi connectivity index (χ0) is 14.7. The van der Waals surface area contributed by atoms with Crippen LogP contribution in [0.15, 0.2) is 17.1 Å². The van der Waals surface area contributed by atoms with E-state index in [-0.39, 0.29) is 18.0 Å². The third-order valence-electron chi connectivity index (χ3n) is 4.45. The molecule has 1 N–H and O–H groups in total. The molecule has 0 spiro atoms. The summed E-state index contributed by atoms with van der Waals surface area (Å²) in [7, 11) is 0. The molecule has 1 aromatic rings. The molecule has 0 radical (unpaired) electrons. The number of anilines is 1. The minimum Gasteiger partial charge on any atom is -0.391 e. The van der Waals surface area contributed by atoms with E-state index in [1.165, 1.54) is 23.9 Å². The van der Waals surface area contributed by atoms with Crippen molar-refractivity contribution in [3.05, 3.63) is 22.6 Å². The maximum atomic E-state index is 12.2. The van der Waals surface area contributed by atoms with Crippen molar-refractivity contribution in [1.29, 1.82) is 0 Å². The Hall–Kier alpha value is -1.40. The van der Waals surface area contributed by atoms with E-state index in [4.69, 9.17) is 4.74 Å². The highest BCUT2D eigenvalue weighted by Gasteiger charge is 2.25. The fourth-order valence-electron chi connectivity index (χ4n) is 3.07. The minimum atomic E-state index is -0.571. The van der Waals surface area contributed by atoms with Gasteiger partial charge in [0.1, 0.15) is 0 Å². The van der Waals surface area contributed by atoms with Gasteiger partial charge >= 0.3 is 0 Å². The van der Waals surface area contributed by atoms with E-state index in [9.17, 15) is 9.90 Å². The highest BCUT2D eigenvalue weighted by Crippen LogP contribution is 2.19. The zero-order valence-electron chi connectivity index (χ0n) is 12.3. The van der Waals surface area contributed by atoms with Crippen molar-refractivity contribution in [1.82, 2.24) is 9.78 Å². The Morgan fingerprint density at radius 3 is 2.86 bits per heavy atom. The molecule has 0 aromatic carbocycles. The van der Waals surface area contributed by atoms with Crippen LogP contribution >= 0.6 is 0 Å². The molecule has 2 atom stereocenters. The third-order valence-corrected chi connectivity index (χ3v) is 4.45. The standard InChI is InChI=1S/C15H23N3O3/c19-14(12-4-7-21-11-12)10-18-15(20)8-13(9-16-18)17-5-2-1-3-6-17/h8-9,12,14,19H,1-7,10-11H2. The quantitative estimate of drug-likeness (QED) is 0.882. The fraction of sp³-hybridized carbons (Fsp3) is 0.733. The Morgan fingerprint density at radius 2 is 2.19 bits per heavy atom. The second-order valence-electron chi connectivity index (χ2n) is 5.97. The minimum absolute atomic E-state index is 0.112. The highest BCUT2D eigenvalue weighted by molar-refractivity contribution is 5.43. The lowest BCUT2D eigenvalue weighted by Gasteiger charge is -2.28. The summed E-state index contributed by atoms with van der Waals surface area (Å²) in [6, 6.07) is 1.64. The van der Waals surface area contributed by atoms with Crippen LogP contribution in [0.25, 0.3) is 0 Å². The molecule has 2 saturated heterocycles. The summed E-state index contributed by atoms with van der Waals surface area (Å²) in [5.74, 6) is 0.112. The Labute approximate surface area is 124 Å². The second-order valence-corrected chi connectivity index (χ2v) is 5.97. The maximum Gasteiger partial charge on any atom is 0.268 e. The molecule has 3 rings (SSSR count). The Kier molecular flexibility index (Phi) is 4.55. The van der Waals surface area contributed by atoms with E-state index in [0.717, 1.165) is 25.2 Å². The lowest BCUT2D eigenvalue weighted by Crippen LogP contribution is -2.35. The van der Waals surface area contributed by atoms with Crippen molar-refractivity contribution in [2.24, 2.45) is 5.92 Å². The molecular weight excluding hydrogens is 270 g/mol. The van der Waals surface area contributed by atoms with E-state index < -0.39 is 6.10 Å². The van der Waals surface area contributed by atoms with Gasteiger partial charge in [-0.15, -0.1) is 0 Å². The first-order valence-corrected chi connectivity index (χ1v) is 7.82. The summed E-state index contributed by atoms with van der Waals surface area (Å²) in [6.07, 6.45) is 5.62. The number of aromatic nitrogens is 2. The van der Waals surface area contributed by atoms with Crippen molar-refractivity contribution in [3.63, 3.8) is 0 Å². The van der Waals surface area contributed by atoms with Gasteiger partial charge in [0, 0.05) is 31.7 Å². The summed E-state index contributed by atoms with van der Waals surface area (Å²) < 4.78 is 6.63. The van der Waals surface area contributed by atoms with Crippen LogP contribution < -0.4 is 10.5 Å². The monoisotopic (exact) mass is 293 g/mol. The van der Waals surface area contributed by atoms with Gasteiger partial charge in [0.25, 0.3) is 5.56 Å². The number of aliphatic hydroxyl groups is 1. The Morgan fingerprint density at radius 1 is 1.38 bits per heavy atom. The van der Waals surface area contributed by atoms with E-state index in [1.54, 1.807) is 12.3 Å². The number of hydrogen-bond acceptors (Lipinski definition) is 5. The Balaban J connectivity index is 1.67. The van der Waals surface area contributed by atoms with Crippen molar-refractivity contribution in [3.8, 4) is 0 Å². The summed E-state index contributed by atoms with van der Waals surface area (Å²) in [5.41, 5.74) is 0.755. The highest BCUT2D eigenvalue weighted by atomic mass is 16.5. The van der Waals surface area contributed by atoms with Crippen molar-refractivity contribution in [2.75, 3.05) is 31.2 Å². The molecule has 116 valence electrons. The van der Waals surface area contributed by atoms with Crippen molar-refractivity contribution < 1.29 is 9.84 Å². The maximum absolute atomic E-state index is 12.2. The van der Waals surface area contributed by atoms with Gasteiger partial charge in [0.15, 0.2) is 0 Å². The molecule has 0 saturated carbocycles. The average Bonchev–Trinajstić information content (AvgIpc) is 3.04. The van der Waals surface area contributed by atoms with Crippen LogP contribution in [-0.2, 0) is 11.3 Å². The van der Waals surface area contributed by atoms with Crippen molar-refractivity contribution in [2.45, 2.75) is 38.3 Å². The molecule has 2 aliphatic heterocycles. The number of rotatable bonds is 4. The molecule has 0 aliphatic carbocycles. The summed E-state index contributed by atoms with van der Waals surface area (Å²) in [4.78, 5) is 14.4. The first kappa shape index (κ1) is 14.5. The molecule has 2 fully saturated rings. The molecule has 1 aromatic heterocycles. The summed E-state index contributed by atoms with van der Waals surface area (Å²) in [5, 5.41) is 14.4. The van der Waals surface area contributed by atoms with Crippen LogP contribution in [0.5, 0.6) is 0 Å². The van der Waals surface area contributed by atoms with E-state index in [2.05, 4.69) is 10.00 Å². The predicted molar refractivity (Wildman–Crippen MR) is 79.5 cm³/mol. The Bertz CT molecular complexity index is 519. The van der Waals surface area contributed by atoms with Crippen molar-refractivity contribution >= 4 is 5.69 Å².